The molecule has 0 spiro atoms. The first-order valence-electron chi connectivity index (χ1n) is 11.0. The fraction of sp³-hybridized carbons (Fsp3) is 0.773. The molecule has 0 radical (unpaired) electrons. The molecule has 2 rings (SSSR count). The summed E-state index contributed by atoms with van der Waals surface area (Å²) in [5.41, 5.74) is -0.828. The highest BCUT2D eigenvalue weighted by atomic mass is 32.2. The van der Waals surface area contributed by atoms with Crippen molar-refractivity contribution in [1.82, 2.24) is 0 Å². The largest absolute Gasteiger partial charge is 0.463 e. The number of esters is 3. The van der Waals surface area contributed by atoms with Crippen LogP contribution in [0.3, 0.4) is 0 Å². The average Bonchev–Trinajstić information content (AvgIpc) is 2.73. The van der Waals surface area contributed by atoms with Crippen LogP contribution in [-0.4, -0.2) is 78.8 Å². The van der Waals surface area contributed by atoms with Crippen LogP contribution in [0, 0.1) is 5.92 Å². The van der Waals surface area contributed by atoms with Gasteiger partial charge in [-0.15, -0.1) is 0 Å². The van der Waals surface area contributed by atoms with Crippen LogP contribution in [0.1, 0.15) is 53.4 Å². The van der Waals surface area contributed by atoms with Gasteiger partial charge in [0.05, 0.1) is 6.10 Å². The zero-order valence-corrected chi connectivity index (χ0v) is 20.5. The Morgan fingerprint density at radius 1 is 0.939 bits per heavy atom. The fourth-order valence-electron chi connectivity index (χ4n) is 4.00. The molecule has 186 valence electrons. The molecule has 11 heteroatoms. The summed E-state index contributed by atoms with van der Waals surface area (Å²) in [6.45, 7) is 4.84. The van der Waals surface area contributed by atoms with Crippen molar-refractivity contribution in [3.8, 4) is 0 Å². The number of carbonyl (C=O) groups excluding carboxylic acids is 4. The van der Waals surface area contributed by atoms with Crippen LogP contribution in [0.2, 0.25) is 0 Å². The minimum Gasteiger partial charge on any atom is -0.463 e. The molecule has 0 aromatic carbocycles. The van der Waals surface area contributed by atoms with E-state index in [4.69, 9.17) is 23.7 Å². The lowest BCUT2D eigenvalue weighted by atomic mass is 9.88. The summed E-state index contributed by atoms with van der Waals surface area (Å²) in [4.78, 5) is 51.7. The van der Waals surface area contributed by atoms with Gasteiger partial charge in [0.15, 0.2) is 17.3 Å². The van der Waals surface area contributed by atoms with Crippen LogP contribution in [0.5, 0.6) is 0 Å². The van der Waals surface area contributed by atoms with Crippen molar-refractivity contribution in [2.45, 2.75) is 89.3 Å². The molecule has 2 aliphatic rings. The maximum Gasteiger partial charge on any atom is 0.303 e. The standard InChI is InChI=1S/C22H33NO9S/c1-12(24)29-11-18-20(30-13(2)25)21(31-14(3)26)19(22(32-18)33-15(4)27)23-10-16-6-8-17(28-5)9-7-16/h10,16-22H,6-9,11H2,1-5H3. The van der Waals surface area contributed by atoms with Crippen LogP contribution >= 0.6 is 11.8 Å². The number of ether oxygens (including phenoxy) is 5. The predicted molar refractivity (Wildman–Crippen MR) is 120 cm³/mol. The molecule has 0 bridgehead atoms. The zero-order valence-electron chi connectivity index (χ0n) is 19.7. The van der Waals surface area contributed by atoms with Gasteiger partial charge in [-0.3, -0.25) is 24.2 Å². The average molecular weight is 488 g/mol. The molecule has 1 aliphatic heterocycles. The molecule has 0 aromatic heterocycles. The number of methoxy groups -OCH3 is 1. The lowest BCUT2D eigenvalue weighted by molar-refractivity contribution is -0.208. The van der Waals surface area contributed by atoms with Gasteiger partial charge in [0, 0.05) is 41.0 Å². The SMILES string of the molecule is COC1CCC(C=NC2C(SC(C)=O)OC(COC(C)=O)C(OC(C)=O)C2OC(C)=O)CC1. The quantitative estimate of drug-likeness (QED) is 0.285. The van der Waals surface area contributed by atoms with Gasteiger partial charge in [-0.2, -0.15) is 0 Å². The Labute approximate surface area is 198 Å². The molecular weight excluding hydrogens is 454 g/mol. The Bertz CT molecular complexity index is 735. The molecule has 0 amide bonds. The van der Waals surface area contributed by atoms with Crippen molar-refractivity contribution >= 4 is 41.0 Å². The van der Waals surface area contributed by atoms with Gasteiger partial charge in [0.25, 0.3) is 0 Å². The second-order valence-electron chi connectivity index (χ2n) is 8.16. The second-order valence-corrected chi connectivity index (χ2v) is 9.44. The summed E-state index contributed by atoms with van der Waals surface area (Å²) in [5.74, 6) is -1.57. The van der Waals surface area contributed by atoms with E-state index in [0.29, 0.717) is 0 Å². The summed E-state index contributed by atoms with van der Waals surface area (Å²) in [6.07, 6.45) is 2.61. The van der Waals surface area contributed by atoms with Gasteiger partial charge in [0.2, 0.25) is 0 Å². The van der Waals surface area contributed by atoms with E-state index >= 15 is 0 Å². The van der Waals surface area contributed by atoms with Crippen molar-refractivity contribution in [2.24, 2.45) is 10.9 Å². The minimum atomic E-state index is -1.07. The molecule has 5 atom stereocenters. The maximum atomic E-state index is 11.9. The molecule has 5 unspecified atom stereocenters. The van der Waals surface area contributed by atoms with E-state index < -0.39 is 47.7 Å². The van der Waals surface area contributed by atoms with Gasteiger partial charge < -0.3 is 23.7 Å². The van der Waals surface area contributed by atoms with Crippen LogP contribution in [-0.2, 0) is 42.9 Å². The lowest BCUT2D eigenvalue weighted by Gasteiger charge is -2.43. The zero-order chi connectivity index (χ0) is 24.5. The molecule has 10 nitrogen and oxygen atoms in total. The highest BCUT2D eigenvalue weighted by Crippen LogP contribution is 2.35. The monoisotopic (exact) mass is 487 g/mol. The minimum absolute atomic E-state index is 0.198. The number of nitrogens with zero attached hydrogens (tertiary/aromatic N) is 1. The lowest BCUT2D eigenvalue weighted by Crippen LogP contribution is -2.60. The van der Waals surface area contributed by atoms with Crippen molar-refractivity contribution in [3.05, 3.63) is 0 Å². The van der Waals surface area contributed by atoms with E-state index in [9.17, 15) is 19.2 Å². The van der Waals surface area contributed by atoms with E-state index in [2.05, 4.69) is 4.99 Å². The molecule has 1 saturated carbocycles. The fourth-order valence-corrected chi connectivity index (χ4v) is 4.89. The molecule has 0 N–H and O–H groups in total. The normalized spacial score (nSPS) is 32.2. The van der Waals surface area contributed by atoms with Crippen LogP contribution in [0.15, 0.2) is 4.99 Å². The number of hydrogen-bond acceptors (Lipinski definition) is 11. The summed E-state index contributed by atoms with van der Waals surface area (Å²) in [6, 6.07) is -0.805. The third-order valence-electron chi connectivity index (χ3n) is 5.47. The topological polar surface area (TPSA) is 127 Å². The number of aliphatic imine (C=N–C) groups is 1. The first kappa shape index (κ1) is 27.3. The molecule has 0 aromatic rings. The van der Waals surface area contributed by atoms with E-state index in [-0.39, 0.29) is 23.7 Å². The number of hydrogen-bond donors (Lipinski definition) is 0. The maximum absolute atomic E-state index is 11.9. The van der Waals surface area contributed by atoms with Crippen LogP contribution in [0.4, 0.5) is 0 Å². The third-order valence-corrected chi connectivity index (χ3v) is 6.43. The van der Waals surface area contributed by atoms with Crippen molar-refractivity contribution in [3.63, 3.8) is 0 Å². The Morgan fingerprint density at radius 2 is 1.55 bits per heavy atom. The summed E-state index contributed by atoms with van der Waals surface area (Å²) in [5, 5.41) is -0.223. The van der Waals surface area contributed by atoms with E-state index in [1.165, 1.54) is 27.7 Å². The third kappa shape index (κ3) is 8.71. The van der Waals surface area contributed by atoms with Gasteiger partial charge in [0.1, 0.15) is 24.2 Å². The van der Waals surface area contributed by atoms with Gasteiger partial charge in [-0.25, -0.2) is 0 Å². The predicted octanol–water partition coefficient (Wildman–Crippen LogP) is 2.06. The highest BCUT2D eigenvalue weighted by molar-refractivity contribution is 8.14. The van der Waals surface area contributed by atoms with Gasteiger partial charge in [-0.1, -0.05) is 11.8 Å². The van der Waals surface area contributed by atoms with E-state index in [1.54, 1.807) is 13.3 Å². The number of carbonyl (C=O) groups is 4. The van der Waals surface area contributed by atoms with Crippen molar-refractivity contribution in [2.75, 3.05) is 13.7 Å². The second kappa shape index (κ2) is 13.0. The summed E-state index contributed by atoms with van der Waals surface area (Å²) in [7, 11) is 1.70. The van der Waals surface area contributed by atoms with Crippen LogP contribution in [0.25, 0.3) is 0 Å². The number of rotatable bonds is 8. The Morgan fingerprint density at radius 3 is 2.06 bits per heavy atom. The van der Waals surface area contributed by atoms with Crippen molar-refractivity contribution in [1.29, 1.82) is 0 Å². The van der Waals surface area contributed by atoms with Crippen LogP contribution < -0.4 is 0 Å². The summed E-state index contributed by atoms with van der Waals surface area (Å²) < 4.78 is 27.5. The molecule has 33 heavy (non-hydrogen) atoms. The smallest absolute Gasteiger partial charge is 0.303 e. The van der Waals surface area contributed by atoms with Gasteiger partial charge >= 0.3 is 17.9 Å². The molecule has 1 saturated heterocycles. The molecule has 1 aliphatic carbocycles. The number of thioether (sulfide) groups is 1. The first-order chi connectivity index (χ1) is 15.6. The van der Waals surface area contributed by atoms with Crippen molar-refractivity contribution < 1.29 is 42.9 Å². The molecule has 2 fully saturated rings. The van der Waals surface area contributed by atoms with E-state index in [0.717, 1.165) is 37.4 Å². The Balaban J connectivity index is 2.34. The Kier molecular flexibility index (Phi) is 10.8. The molecule has 1 heterocycles. The Hall–Kier alpha value is -1.98. The summed E-state index contributed by atoms with van der Waals surface area (Å²) >= 11 is 0.897. The molecular formula is C22H33NO9S. The first-order valence-corrected chi connectivity index (χ1v) is 11.8. The van der Waals surface area contributed by atoms with E-state index in [1.807, 2.05) is 0 Å². The van der Waals surface area contributed by atoms with Gasteiger partial charge in [-0.05, 0) is 31.6 Å². The highest BCUT2D eigenvalue weighted by Gasteiger charge is 2.51.